The largest absolute Gasteiger partial charge is 0.307 e. The van der Waals surface area contributed by atoms with Crippen LogP contribution in [0, 0.1) is 5.41 Å². The predicted octanol–water partition coefficient (Wildman–Crippen LogP) is 1.97. The van der Waals surface area contributed by atoms with E-state index in [0.717, 1.165) is 10.9 Å². The summed E-state index contributed by atoms with van der Waals surface area (Å²) < 4.78 is 1.93. The van der Waals surface area contributed by atoms with Gasteiger partial charge in [-0.05, 0) is 11.5 Å². The second-order valence-corrected chi connectivity index (χ2v) is 3.47. The average molecular weight is 195 g/mol. The zero-order valence-electron chi connectivity index (χ0n) is 8.01. The number of nitrogens with zero attached hydrogens (tertiary/aromatic N) is 2. The lowest BCUT2D eigenvalue weighted by Gasteiger charge is -2.04. The van der Waals surface area contributed by atoms with Crippen molar-refractivity contribution >= 4 is 16.3 Å². The summed E-state index contributed by atoms with van der Waals surface area (Å²) in [5.74, 6) is 0. The first kappa shape index (κ1) is 8.17. The van der Waals surface area contributed by atoms with Gasteiger partial charge in [0.25, 0.3) is 0 Å². The Balaban J connectivity index is 2.63. The van der Waals surface area contributed by atoms with Gasteiger partial charge in [-0.3, -0.25) is 5.41 Å². The van der Waals surface area contributed by atoms with Crippen LogP contribution in [0.3, 0.4) is 0 Å². The van der Waals surface area contributed by atoms with Gasteiger partial charge in [0.05, 0.1) is 5.52 Å². The van der Waals surface area contributed by atoms with Gasteiger partial charge in [-0.2, -0.15) is 0 Å². The van der Waals surface area contributed by atoms with Gasteiger partial charge in [-0.15, -0.1) is 0 Å². The van der Waals surface area contributed by atoms with Gasteiger partial charge >= 0.3 is 0 Å². The van der Waals surface area contributed by atoms with Crippen LogP contribution in [0.5, 0.6) is 0 Å². The highest BCUT2D eigenvalue weighted by Gasteiger charge is 1.98. The monoisotopic (exact) mass is 195 g/mol. The maximum absolute atomic E-state index is 7.53. The third kappa shape index (κ3) is 1.21. The molecular formula is C12H9N3. The Bertz CT molecular complexity index is 698. The molecule has 72 valence electrons. The summed E-state index contributed by atoms with van der Waals surface area (Å²) in [5.41, 5.74) is 1.32. The minimum Gasteiger partial charge on any atom is -0.307 e. The molecule has 0 atom stereocenters. The SMILES string of the molecule is N=c1cc2c3ccccc3ccn2cn1. The first-order valence-corrected chi connectivity index (χ1v) is 4.75. The number of hydrogen-bond donors (Lipinski definition) is 1. The quantitative estimate of drug-likeness (QED) is 0.547. The molecule has 3 rings (SSSR count). The standard InChI is InChI=1S/C12H9N3/c13-12-7-11-10-4-2-1-3-9(10)5-6-15(11)8-14-12/h1-8,13H. The Hall–Kier alpha value is -2.16. The topological polar surface area (TPSA) is 41.2 Å². The minimum absolute atomic E-state index is 0.298. The fourth-order valence-corrected chi connectivity index (χ4v) is 1.80. The molecule has 0 aliphatic heterocycles. The van der Waals surface area contributed by atoms with Crippen LogP contribution in [0.25, 0.3) is 16.3 Å². The van der Waals surface area contributed by atoms with E-state index in [0.29, 0.717) is 5.49 Å². The molecule has 2 heterocycles. The van der Waals surface area contributed by atoms with Crippen molar-refractivity contribution in [1.82, 2.24) is 9.38 Å². The highest BCUT2D eigenvalue weighted by Crippen LogP contribution is 2.17. The van der Waals surface area contributed by atoms with Crippen molar-refractivity contribution in [2.75, 3.05) is 0 Å². The molecule has 0 bridgehead atoms. The molecule has 2 aromatic heterocycles. The molecule has 0 amide bonds. The molecule has 0 unspecified atom stereocenters. The maximum atomic E-state index is 7.53. The van der Waals surface area contributed by atoms with Crippen LogP contribution in [0.1, 0.15) is 0 Å². The van der Waals surface area contributed by atoms with Crippen LogP contribution in [0.2, 0.25) is 0 Å². The van der Waals surface area contributed by atoms with Gasteiger partial charge in [-0.1, -0.05) is 24.3 Å². The lowest BCUT2D eigenvalue weighted by atomic mass is 10.1. The van der Waals surface area contributed by atoms with Gasteiger partial charge in [0.15, 0.2) is 0 Å². The molecule has 0 fully saturated rings. The first-order chi connectivity index (χ1) is 7.34. The summed E-state index contributed by atoms with van der Waals surface area (Å²) in [6.45, 7) is 0. The smallest absolute Gasteiger partial charge is 0.148 e. The highest BCUT2D eigenvalue weighted by atomic mass is 14.9. The van der Waals surface area contributed by atoms with Gasteiger partial charge in [0, 0.05) is 17.6 Å². The molecule has 0 radical (unpaired) electrons. The molecule has 0 aliphatic carbocycles. The molecule has 3 aromatic rings. The van der Waals surface area contributed by atoms with Crippen molar-refractivity contribution in [1.29, 1.82) is 5.41 Å². The van der Waals surface area contributed by atoms with E-state index in [4.69, 9.17) is 5.41 Å². The molecule has 3 heteroatoms. The molecule has 0 saturated heterocycles. The average Bonchev–Trinajstić information content (AvgIpc) is 2.29. The van der Waals surface area contributed by atoms with Crippen molar-refractivity contribution in [3.05, 3.63) is 54.4 Å². The number of pyridine rings is 1. The molecule has 0 saturated carbocycles. The van der Waals surface area contributed by atoms with E-state index < -0.39 is 0 Å². The van der Waals surface area contributed by atoms with Crippen LogP contribution in [0.4, 0.5) is 0 Å². The first-order valence-electron chi connectivity index (χ1n) is 4.75. The zero-order chi connectivity index (χ0) is 10.3. The van der Waals surface area contributed by atoms with Crippen LogP contribution in [-0.2, 0) is 0 Å². The molecule has 15 heavy (non-hydrogen) atoms. The van der Waals surface area contributed by atoms with Gasteiger partial charge < -0.3 is 4.40 Å². The Kier molecular flexibility index (Phi) is 1.59. The minimum atomic E-state index is 0.298. The second-order valence-electron chi connectivity index (χ2n) is 3.47. The Morgan fingerprint density at radius 3 is 2.93 bits per heavy atom. The van der Waals surface area contributed by atoms with E-state index in [9.17, 15) is 0 Å². The van der Waals surface area contributed by atoms with E-state index in [1.807, 2.05) is 28.8 Å². The lowest BCUT2D eigenvalue weighted by molar-refractivity contribution is 1.00. The zero-order valence-corrected chi connectivity index (χ0v) is 8.01. The van der Waals surface area contributed by atoms with E-state index in [1.54, 1.807) is 12.4 Å². The summed E-state index contributed by atoms with van der Waals surface area (Å²) in [4.78, 5) is 3.94. The van der Waals surface area contributed by atoms with Crippen LogP contribution in [-0.4, -0.2) is 9.38 Å². The summed E-state index contributed by atoms with van der Waals surface area (Å²) in [7, 11) is 0. The third-order valence-electron chi connectivity index (χ3n) is 2.52. The fourth-order valence-electron chi connectivity index (χ4n) is 1.80. The van der Waals surface area contributed by atoms with Crippen LogP contribution >= 0.6 is 0 Å². The summed E-state index contributed by atoms with van der Waals surface area (Å²) in [5, 5.41) is 9.86. The van der Waals surface area contributed by atoms with Gasteiger partial charge in [0.2, 0.25) is 0 Å². The molecular weight excluding hydrogens is 186 g/mol. The number of aromatic nitrogens is 2. The molecule has 3 nitrogen and oxygen atoms in total. The molecule has 1 aromatic carbocycles. The number of rotatable bonds is 0. The predicted molar refractivity (Wildman–Crippen MR) is 58.6 cm³/mol. The second kappa shape index (κ2) is 2.92. The molecule has 0 aliphatic rings. The number of fused-ring (bicyclic) bond motifs is 3. The van der Waals surface area contributed by atoms with E-state index in [-0.39, 0.29) is 0 Å². The van der Waals surface area contributed by atoms with Crippen LogP contribution < -0.4 is 5.49 Å². The highest BCUT2D eigenvalue weighted by molar-refractivity contribution is 5.95. The van der Waals surface area contributed by atoms with E-state index in [2.05, 4.69) is 17.1 Å². The Labute approximate surface area is 86.1 Å². The number of hydrogen-bond acceptors (Lipinski definition) is 2. The molecule has 1 N–H and O–H groups in total. The van der Waals surface area contributed by atoms with E-state index >= 15 is 0 Å². The van der Waals surface area contributed by atoms with Crippen molar-refractivity contribution in [3.8, 4) is 0 Å². The van der Waals surface area contributed by atoms with Crippen molar-refractivity contribution in [2.45, 2.75) is 0 Å². The lowest BCUT2D eigenvalue weighted by Crippen LogP contribution is -2.06. The maximum Gasteiger partial charge on any atom is 0.148 e. The third-order valence-corrected chi connectivity index (χ3v) is 2.52. The normalized spacial score (nSPS) is 10.9. The summed E-state index contributed by atoms with van der Waals surface area (Å²) in [6.07, 6.45) is 3.63. The van der Waals surface area contributed by atoms with Crippen molar-refractivity contribution < 1.29 is 0 Å². The van der Waals surface area contributed by atoms with Gasteiger partial charge in [0.1, 0.15) is 11.8 Å². The Morgan fingerprint density at radius 2 is 2.00 bits per heavy atom. The van der Waals surface area contributed by atoms with Crippen molar-refractivity contribution in [2.24, 2.45) is 0 Å². The molecule has 0 spiro atoms. The van der Waals surface area contributed by atoms with E-state index in [1.165, 1.54) is 5.39 Å². The van der Waals surface area contributed by atoms with Crippen LogP contribution in [0.15, 0.2) is 48.9 Å². The van der Waals surface area contributed by atoms with Gasteiger partial charge in [-0.25, -0.2) is 4.98 Å². The Morgan fingerprint density at radius 1 is 1.13 bits per heavy atom. The fraction of sp³-hybridized carbons (Fsp3) is 0. The summed E-state index contributed by atoms with van der Waals surface area (Å²) in [6, 6.07) is 12.0. The number of nitrogens with one attached hydrogen (secondary N) is 1. The van der Waals surface area contributed by atoms with Crippen molar-refractivity contribution in [3.63, 3.8) is 0 Å². The summed E-state index contributed by atoms with van der Waals surface area (Å²) >= 11 is 0. The number of benzene rings is 1.